The summed E-state index contributed by atoms with van der Waals surface area (Å²) in [5.41, 5.74) is -0.317. The fourth-order valence-electron chi connectivity index (χ4n) is 0.620. The molecule has 1 amide bonds. The van der Waals surface area contributed by atoms with Crippen LogP contribution in [0.25, 0.3) is 0 Å². The molecule has 0 aliphatic heterocycles. The van der Waals surface area contributed by atoms with Gasteiger partial charge in [-0.1, -0.05) is 13.8 Å². The van der Waals surface area contributed by atoms with Crippen LogP contribution < -0.4 is 5.32 Å². The van der Waals surface area contributed by atoms with Gasteiger partial charge in [-0.15, -0.1) is 0 Å². The number of hydrogen-bond donors (Lipinski definition) is 1. The molecule has 0 aromatic rings. The molecule has 0 aromatic carbocycles. The monoisotopic (exact) mass is 157 g/mol. The quantitative estimate of drug-likeness (QED) is 0.612. The highest BCUT2D eigenvalue weighted by Crippen LogP contribution is 2.14. The minimum Gasteiger partial charge on any atom is -0.356 e. The van der Waals surface area contributed by atoms with Crippen molar-refractivity contribution in [1.29, 1.82) is 0 Å². The van der Waals surface area contributed by atoms with E-state index in [1.807, 2.05) is 13.8 Å². The lowest BCUT2D eigenvalue weighted by Gasteiger charge is -2.15. The van der Waals surface area contributed by atoms with Crippen molar-refractivity contribution in [2.45, 2.75) is 27.2 Å². The predicted octanol–water partition coefficient (Wildman–Crippen LogP) is 0.738. The molecule has 3 nitrogen and oxygen atoms in total. The summed E-state index contributed by atoms with van der Waals surface area (Å²) >= 11 is 0. The van der Waals surface area contributed by atoms with E-state index in [0.29, 0.717) is 13.0 Å². The van der Waals surface area contributed by atoms with Crippen LogP contribution in [0.2, 0.25) is 0 Å². The first-order chi connectivity index (χ1) is 4.98. The fraction of sp³-hybridized carbons (Fsp3) is 0.750. The van der Waals surface area contributed by atoms with Gasteiger partial charge in [-0.25, -0.2) is 0 Å². The number of hydrogen-bond acceptors (Lipinski definition) is 2. The topological polar surface area (TPSA) is 46.2 Å². The van der Waals surface area contributed by atoms with Crippen molar-refractivity contribution in [3.8, 4) is 0 Å². The summed E-state index contributed by atoms with van der Waals surface area (Å²) < 4.78 is 0. The van der Waals surface area contributed by atoms with Crippen LogP contribution in [0.15, 0.2) is 0 Å². The minimum atomic E-state index is -0.317. The van der Waals surface area contributed by atoms with E-state index in [-0.39, 0.29) is 11.3 Å². The van der Waals surface area contributed by atoms with Crippen molar-refractivity contribution >= 4 is 12.2 Å². The predicted molar refractivity (Wildman–Crippen MR) is 43.1 cm³/mol. The van der Waals surface area contributed by atoms with Crippen LogP contribution in [0.1, 0.15) is 27.2 Å². The maximum atomic E-state index is 10.4. The van der Waals surface area contributed by atoms with E-state index >= 15 is 0 Å². The largest absolute Gasteiger partial charge is 0.356 e. The Bertz CT molecular complexity index is 152. The van der Waals surface area contributed by atoms with Crippen LogP contribution in [0.5, 0.6) is 0 Å². The highest BCUT2D eigenvalue weighted by molar-refractivity contribution is 5.72. The molecule has 0 aliphatic carbocycles. The molecule has 0 unspecified atom stereocenters. The van der Waals surface area contributed by atoms with Gasteiger partial charge in [0.2, 0.25) is 5.91 Å². The lowest BCUT2D eigenvalue weighted by molar-refractivity contribution is -0.120. The molecule has 0 atom stereocenters. The molecule has 0 bridgehead atoms. The van der Waals surface area contributed by atoms with E-state index in [1.54, 1.807) is 0 Å². The Morgan fingerprint density at radius 2 is 2.09 bits per heavy atom. The normalized spacial score (nSPS) is 10.8. The zero-order valence-electron chi connectivity index (χ0n) is 7.31. The number of nitrogens with one attached hydrogen (secondary N) is 1. The van der Waals surface area contributed by atoms with Crippen molar-refractivity contribution in [2.24, 2.45) is 5.41 Å². The molecule has 0 aliphatic rings. The molecular formula is C8H15NO2. The van der Waals surface area contributed by atoms with Gasteiger partial charge in [0.05, 0.1) is 0 Å². The molecule has 0 saturated heterocycles. The summed E-state index contributed by atoms with van der Waals surface area (Å²) in [6.07, 6.45) is 1.60. The zero-order valence-corrected chi connectivity index (χ0v) is 7.31. The van der Waals surface area contributed by atoms with E-state index < -0.39 is 0 Å². The molecular weight excluding hydrogens is 142 g/mol. The second kappa shape index (κ2) is 4.11. The molecule has 0 spiro atoms. The number of carbonyl (C=O) groups excluding carboxylic acids is 2. The third-order valence-corrected chi connectivity index (χ3v) is 1.46. The van der Waals surface area contributed by atoms with Crippen LogP contribution in [-0.2, 0) is 9.59 Å². The second-order valence-corrected chi connectivity index (χ2v) is 3.34. The Labute approximate surface area is 67.2 Å². The molecule has 0 radical (unpaired) electrons. The maximum Gasteiger partial charge on any atom is 0.216 e. The molecule has 0 fully saturated rings. The Kier molecular flexibility index (Phi) is 3.79. The summed E-state index contributed by atoms with van der Waals surface area (Å²) in [6, 6.07) is 0. The van der Waals surface area contributed by atoms with E-state index in [1.165, 1.54) is 6.92 Å². The molecule has 1 N–H and O–H groups in total. The highest BCUT2D eigenvalue weighted by atomic mass is 16.1. The summed E-state index contributed by atoms with van der Waals surface area (Å²) in [5.74, 6) is -0.0494. The SMILES string of the molecule is CC(=O)NCCC(C)(C)C=O. The third-order valence-electron chi connectivity index (χ3n) is 1.46. The number of aldehydes is 1. The number of amides is 1. The van der Waals surface area contributed by atoms with Gasteiger partial charge in [0, 0.05) is 18.9 Å². The van der Waals surface area contributed by atoms with Gasteiger partial charge in [0.25, 0.3) is 0 Å². The first-order valence-electron chi connectivity index (χ1n) is 3.69. The molecule has 0 heterocycles. The number of carbonyl (C=O) groups is 2. The minimum absolute atomic E-state index is 0.0494. The van der Waals surface area contributed by atoms with Gasteiger partial charge >= 0.3 is 0 Å². The van der Waals surface area contributed by atoms with E-state index in [9.17, 15) is 9.59 Å². The molecule has 0 aromatic heterocycles. The van der Waals surface area contributed by atoms with Crippen molar-refractivity contribution in [3.05, 3.63) is 0 Å². The molecule has 64 valence electrons. The van der Waals surface area contributed by atoms with Gasteiger partial charge < -0.3 is 10.1 Å². The van der Waals surface area contributed by atoms with Crippen molar-refractivity contribution < 1.29 is 9.59 Å². The molecule has 3 heteroatoms. The average Bonchev–Trinajstić information content (AvgIpc) is 1.87. The van der Waals surface area contributed by atoms with Crippen molar-refractivity contribution in [3.63, 3.8) is 0 Å². The average molecular weight is 157 g/mol. The first-order valence-corrected chi connectivity index (χ1v) is 3.69. The van der Waals surface area contributed by atoms with Crippen LogP contribution in [0, 0.1) is 5.41 Å². The molecule has 11 heavy (non-hydrogen) atoms. The molecule has 0 rings (SSSR count). The van der Waals surface area contributed by atoms with Crippen LogP contribution in [0.4, 0.5) is 0 Å². The Balaban J connectivity index is 3.53. The summed E-state index contributed by atoms with van der Waals surface area (Å²) in [4.78, 5) is 20.8. The standard InChI is InChI=1S/C8H15NO2/c1-7(11)9-5-4-8(2,3)6-10/h6H,4-5H2,1-3H3,(H,9,11). The number of rotatable bonds is 4. The van der Waals surface area contributed by atoms with Gasteiger partial charge in [0.15, 0.2) is 0 Å². The van der Waals surface area contributed by atoms with Crippen molar-refractivity contribution in [2.75, 3.05) is 6.54 Å². The summed E-state index contributed by atoms with van der Waals surface area (Å²) in [5, 5.41) is 2.64. The summed E-state index contributed by atoms with van der Waals surface area (Å²) in [6.45, 7) is 5.73. The Hall–Kier alpha value is -0.860. The van der Waals surface area contributed by atoms with Gasteiger partial charge in [-0.3, -0.25) is 4.79 Å². The van der Waals surface area contributed by atoms with Gasteiger partial charge in [-0.05, 0) is 6.42 Å². The highest BCUT2D eigenvalue weighted by Gasteiger charge is 2.15. The zero-order chi connectivity index (χ0) is 8.91. The fourth-order valence-corrected chi connectivity index (χ4v) is 0.620. The van der Waals surface area contributed by atoms with E-state index in [4.69, 9.17) is 0 Å². The summed E-state index contributed by atoms with van der Waals surface area (Å²) in [7, 11) is 0. The van der Waals surface area contributed by atoms with Crippen LogP contribution in [0.3, 0.4) is 0 Å². The first kappa shape index (κ1) is 10.1. The Morgan fingerprint density at radius 3 is 2.45 bits per heavy atom. The lowest BCUT2D eigenvalue weighted by Crippen LogP contribution is -2.26. The smallest absolute Gasteiger partial charge is 0.216 e. The Morgan fingerprint density at radius 1 is 1.55 bits per heavy atom. The van der Waals surface area contributed by atoms with E-state index in [0.717, 1.165) is 6.29 Å². The van der Waals surface area contributed by atoms with Crippen LogP contribution in [-0.4, -0.2) is 18.7 Å². The maximum absolute atomic E-state index is 10.4. The third kappa shape index (κ3) is 5.58. The van der Waals surface area contributed by atoms with Crippen LogP contribution >= 0.6 is 0 Å². The van der Waals surface area contributed by atoms with Gasteiger partial charge in [0.1, 0.15) is 6.29 Å². The lowest BCUT2D eigenvalue weighted by atomic mass is 9.91. The molecule has 0 saturated carbocycles. The van der Waals surface area contributed by atoms with Gasteiger partial charge in [-0.2, -0.15) is 0 Å². The van der Waals surface area contributed by atoms with E-state index in [2.05, 4.69) is 5.32 Å². The second-order valence-electron chi connectivity index (χ2n) is 3.34. The van der Waals surface area contributed by atoms with Crippen molar-refractivity contribution in [1.82, 2.24) is 5.32 Å².